The number of ether oxygens (including phenoxy) is 1. The summed E-state index contributed by atoms with van der Waals surface area (Å²) in [7, 11) is 1.59. The number of amides is 1. The molecule has 156 valence electrons. The number of carbonyl (C=O) groups is 1. The minimum Gasteiger partial charge on any atom is -0.495 e. The minimum atomic E-state index is -0.355. The van der Waals surface area contributed by atoms with Crippen molar-refractivity contribution in [3.63, 3.8) is 0 Å². The van der Waals surface area contributed by atoms with Crippen molar-refractivity contribution in [3.05, 3.63) is 59.6 Å². The second kappa shape index (κ2) is 8.07. The van der Waals surface area contributed by atoms with Gasteiger partial charge in [0.2, 0.25) is 5.91 Å². The van der Waals surface area contributed by atoms with Gasteiger partial charge in [0.1, 0.15) is 16.9 Å². The Labute approximate surface area is 191 Å². The number of aromatic nitrogens is 1. The van der Waals surface area contributed by atoms with Gasteiger partial charge in [0.25, 0.3) is 0 Å². The van der Waals surface area contributed by atoms with E-state index in [9.17, 15) is 4.79 Å². The lowest BCUT2D eigenvalue weighted by molar-refractivity contribution is -0.115. The number of anilines is 1. The predicted molar refractivity (Wildman–Crippen MR) is 129 cm³/mol. The molecule has 0 saturated heterocycles. The lowest BCUT2D eigenvalue weighted by Gasteiger charge is -2.13. The van der Waals surface area contributed by atoms with Crippen molar-refractivity contribution >= 4 is 78.4 Å². The molecule has 0 spiro atoms. The normalized spacial score (nSPS) is 12.5. The summed E-state index contributed by atoms with van der Waals surface area (Å²) in [5.74, 6) is 0.440. The maximum Gasteiger partial charge on any atom is 0.237 e. The van der Waals surface area contributed by atoms with Crippen LogP contribution in [0.1, 0.15) is 6.92 Å². The lowest BCUT2D eigenvalue weighted by atomic mass is 10.1. The standard InChI is InChI=1S/C23H17ClN2O3S2/c1-12(30-23-26-17-9-13(24)7-8-21(17)31-23)22(27)25-16-11-19-15(10-20(16)28-2)14-5-3-4-6-18(14)29-19/h3-12H,1-2H3,(H,25,27). The SMILES string of the molecule is COc1cc2c(cc1NC(=O)C(C)Sc1nc3cc(Cl)ccc3s1)oc1ccccc12. The fourth-order valence-corrected chi connectivity index (χ4v) is 5.74. The van der Waals surface area contributed by atoms with Crippen LogP contribution in [0.15, 0.2) is 63.4 Å². The molecular formula is C23H17ClN2O3S2. The molecule has 5 aromatic rings. The van der Waals surface area contributed by atoms with Gasteiger partial charge in [0, 0.05) is 21.9 Å². The number of nitrogens with one attached hydrogen (secondary N) is 1. The molecule has 0 saturated carbocycles. The Hall–Kier alpha value is -2.74. The summed E-state index contributed by atoms with van der Waals surface area (Å²) in [4.78, 5) is 17.5. The summed E-state index contributed by atoms with van der Waals surface area (Å²) in [6.45, 7) is 1.85. The molecule has 0 aliphatic heterocycles. The molecule has 1 N–H and O–H groups in total. The first-order valence-corrected chi connectivity index (χ1v) is 11.6. The summed E-state index contributed by atoms with van der Waals surface area (Å²) in [6.07, 6.45) is 0. The number of halogens is 1. The van der Waals surface area contributed by atoms with Crippen LogP contribution in [0, 0.1) is 0 Å². The number of furan rings is 1. The van der Waals surface area contributed by atoms with E-state index in [0.717, 1.165) is 30.9 Å². The Morgan fingerprint density at radius 3 is 2.84 bits per heavy atom. The number of nitrogens with zero attached hydrogens (tertiary/aromatic N) is 1. The van der Waals surface area contributed by atoms with Crippen LogP contribution in [0.4, 0.5) is 5.69 Å². The van der Waals surface area contributed by atoms with Gasteiger partial charge in [-0.1, -0.05) is 41.6 Å². The summed E-state index contributed by atoms with van der Waals surface area (Å²) in [5, 5.41) is 5.22. The van der Waals surface area contributed by atoms with E-state index < -0.39 is 0 Å². The van der Waals surface area contributed by atoms with E-state index in [1.165, 1.54) is 11.8 Å². The summed E-state index contributed by atoms with van der Waals surface area (Å²) >= 11 is 9.00. The molecule has 2 aromatic heterocycles. The van der Waals surface area contributed by atoms with Crippen LogP contribution < -0.4 is 10.1 Å². The van der Waals surface area contributed by atoms with Crippen LogP contribution in [-0.4, -0.2) is 23.3 Å². The maximum absolute atomic E-state index is 12.9. The number of hydrogen-bond acceptors (Lipinski definition) is 6. The predicted octanol–water partition coefficient (Wildman–Crippen LogP) is 6.98. The highest BCUT2D eigenvalue weighted by molar-refractivity contribution is 8.02. The van der Waals surface area contributed by atoms with Gasteiger partial charge in [0.05, 0.1) is 28.3 Å². The Kier molecular flexibility index (Phi) is 5.25. The number of hydrogen-bond donors (Lipinski definition) is 1. The number of methoxy groups -OCH3 is 1. The van der Waals surface area contributed by atoms with E-state index in [-0.39, 0.29) is 11.2 Å². The molecule has 5 nitrogen and oxygen atoms in total. The van der Waals surface area contributed by atoms with E-state index in [0.29, 0.717) is 22.0 Å². The molecule has 2 heterocycles. The molecule has 0 radical (unpaired) electrons. The van der Waals surface area contributed by atoms with Crippen LogP contribution in [0.3, 0.4) is 0 Å². The molecule has 31 heavy (non-hydrogen) atoms. The minimum absolute atomic E-state index is 0.143. The molecule has 5 rings (SSSR count). The van der Waals surface area contributed by atoms with Crippen LogP contribution in [0.25, 0.3) is 32.2 Å². The van der Waals surface area contributed by atoms with Gasteiger partial charge in [-0.2, -0.15) is 0 Å². The molecule has 0 aliphatic rings. The fraction of sp³-hybridized carbons (Fsp3) is 0.130. The van der Waals surface area contributed by atoms with Crippen LogP contribution in [0.2, 0.25) is 5.02 Å². The Morgan fingerprint density at radius 2 is 2.00 bits per heavy atom. The maximum atomic E-state index is 12.9. The number of carbonyl (C=O) groups excluding carboxylic acids is 1. The number of thioether (sulfide) groups is 1. The molecule has 0 bridgehead atoms. The van der Waals surface area contributed by atoms with Gasteiger partial charge in [-0.3, -0.25) is 4.79 Å². The average Bonchev–Trinajstić information content (AvgIpc) is 3.32. The van der Waals surface area contributed by atoms with Crippen LogP contribution in [0.5, 0.6) is 5.75 Å². The van der Waals surface area contributed by atoms with E-state index in [1.807, 2.05) is 61.5 Å². The first-order chi connectivity index (χ1) is 15.0. The highest BCUT2D eigenvalue weighted by Gasteiger charge is 2.20. The van der Waals surface area contributed by atoms with E-state index in [2.05, 4.69) is 10.3 Å². The third-order valence-electron chi connectivity index (χ3n) is 4.93. The van der Waals surface area contributed by atoms with Gasteiger partial charge in [-0.15, -0.1) is 11.3 Å². The van der Waals surface area contributed by atoms with Crippen molar-refractivity contribution in [3.8, 4) is 5.75 Å². The molecule has 1 atom stereocenters. The van der Waals surface area contributed by atoms with Crippen molar-refractivity contribution in [2.24, 2.45) is 0 Å². The smallest absolute Gasteiger partial charge is 0.237 e. The van der Waals surface area contributed by atoms with Gasteiger partial charge in [0.15, 0.2) is 4.34 Å². The second-order valence-corrected chi connectivity index (χ2v) is 10.0. The Balaban J connectivity index is 1.39. The first-order valence-electron chi connectivity index (χ1n) is 9.55. The fourth-order valence-electron chi connectivity index (χ4n) is 3.39. The zero-order valence-electron chi connectivity index (χ0n) is 16.6. The van der Waals surface area contributed by atoms with Crippen molar-refractivity contribution in [1.29, 1.82) is 0 Å². The zero-order valence-corrected chi connectivity index (χ0v) is 19.0. The number of benzene rings is 3. The van der Waals surface area contributed by atoms with Gasteiger partial charge in [-0.05, 0) is 37.3 Å². The first kappa shape index (κ1) is 20.2. The zero-order chi connectivity index (χ0) is 21.5. The number of fused-ring (bicyclic) bond motifs is 4. The highest BCUT2D eigenvalue weighted by Crippen LogP contribution is 2.37. The number of rotatable bonds is 5. The van der Waals surface area contributed by atoms with Crippen molar-refractivity contribution in [1.82, 2.24) is 4.98 Å². The second-order valence-electron chi connectivity index (χ2n) is 6.99. The summed E-state index contributed by atoms with van der Waals surface area (Å²) in [5.41, 5.74) is 2.90. The molecule has 1 amide bonds. The van der Waals surface area contributed by atoms with Crippen LogP contribution >= 0.6 is 34.7 Å². The molecule has 0 fully saturated rings. The van der Waals surface area contributed by atoms with E-state index in [1.54, 1.807) is 18.4 Å². The quantitative estimate of drug-likeness (QED) is 0.282. The third kappa shape index (κ3) is 3.84. The lowest BCUT2D eigenvalue weighted by Crippen LogP contribution is -2.22. The largest absolute Gasteiger partial charge is 0.495 e. The molecule has 8 heteroatoms. The molecule has 0 aliphatic carbocycles. The topological polar surface area (TPSA) is 64.4 Å². The van der Waals surface area contributed by atoms with E-state index in [4.69, 9.17) is 20.8 Å². The highest BCUT2D eigenvalue weighted by atomic mass is 35.5. The van der Waals surface area contributed by atoms with Crippen LogP contribution in [-0.2, 0) is 4.79 Å². The van der Waals surface area contributed by atoms with Gasteiger partial charge in [-0.25, -0.2) is 4.98 Å². The average molecular weight is 469 g/mol. The summed E-state index contributed by atoms with van der Waals surface area (Å²) in [6, 6.07) is 17.1. The monoisotopic (exact) mass is 468 g/mol. The molecular weight excluding hydrogens is 452 g/mol. The van der Waals surface area contributed by atoms with Gasteiger partial charge >= 0.3 is 0 Å². The number of para-hydroxylation sites is 1. The third-order valence-corrected chi connectivity index (χ3v) is 7.40. The Bertz CT molecular complexity index is 1440. The summed E-state index contributed by atoms with van der Waals surface area (Å²) < 4.78 is 13.3. The van der Waals surface area contributed by atoms with E-state index >= 15 is 0 Å². The Morgan fingerprint density at radius 1 is 1.16 bits per heavy atom. The van der Waals surface area contributed by atoms with Crippen molar-refractivity contribution in [2.75, 3.05) is 12.4 Å². The van der Waals surface area contributed by atoms with Crippen molar-refractivity contribution in [2.45, 2.75) is 16.5 Å². The molecule has 3 aromatic carbocycles. The number of thiazole rings is 1. The molecule has 1 unspecified atom stereocenters. The van der Waals surface area contributed by atoms with Gasteiger partial charge < -0.3 is 14.5 Å². The van der Waals surface area contributed by atoms with Crippen molar-refractivity contribution < 1.29 is 13.9 Å².